The molecule has 0 aliphatic rings. The highest BCUT2D eigenvalue weighted by Crippen LogP contribution is 2.25. The Hall–Kier alpha value is -3.19. The zero-order valence-electron chi connectivity index (χ0n) is 15.6. The summed E-state index contributed by atoms with van der Waals surface area (Å²) in [6.45, 7) is 4.07. The number of tetrazole rings is 1. The molecule has 0 radical (unpaired) electrons. The molecule has 0 unspecified atom stereocenters. The molecule has 4 rings (SSSR count). The lowest BCUT2D eigenvalue weighted by molar-refractivity contribution is -0.113. The second-order valence-electron chi connectivity index (χ2n) is 6.51. The van der Waals surface area contributed by atoms with E-state index in [-0.39, 0.29) is 11.7 Å². The number of carbonyl (C=O) groups is 1. The molecule has 0 atom stereocenters. The number of nitrogens with one attached hydrogen (secondary N) is 1. The summed E-state index contributed by atoms with van der Waals surface area (Å²) in [5, 5.41) is 17.7. The second kappa shape index (κ2) is 7.82. The Morgan fingerprint density at radius 2 is 1.86 bits per heavy atom. The third-order valence-corrected chi connectivity index (χ3v) is 5.48. The van der Waals surface area contributed by atoms with Crippen LogP contribution in [0.1, 0.15) is 11.1 Å². The van der Waals surface area contributed by atoms with E-state index in [4.69, 9.17) is 0 Å². The highest BCUT2D eigenvalue weighted by atomic mass is 32.2. The zero-order chi connectivity index (χ0) is 19.5. The minimum absolute atomic E-state index is 0.0966. The molecule has 1 aromatic heterocycles. The first-order valence-corrected chi connectivity index (χ1v) is 9.87. The Balaban J connectivity index is 1.50. The average molecular weight is 389 g/mol. The van der Waals surface area contributed by atoms with Crippen LogP contribution in [0.4, 0.5) is 5.69 Å². The summed E-state index contributed by atoms with van der Waals surface area (Å²) in [4.78, 5) is 12.4. The molecule has 6 nitrogen and oxygen atoms in total. The average Bonchev–Trinajstić information content (AvgIpc) is 3.17. The zero-order valence-corrected chi connectivity index (χ0v) is 16.4. The Morgan fingerprint density at radius 3 is 2.71 bits per heavy atom. The summed E-state index contributed by atoms with van der Waals surface area (Å²) in [5.41, 5.74) is 4.02. The van der Waals surface area contributed by atoms with Gasteiger partial charge in [0.1, 0.15) is 0 Å². The van der Waals surface area contributed by atoms with E-state index in [1.54, 1.807) is 4.68 Å². The maximum Gasteiger partial charge on any atom is 0.234 e. The maximum atomic E-state index is 12.4. The largest absolute Gasteiger partial charge is 0.325 e. The Bertz CT molecular complexity index is 1150. The Labute approximate surface area is 167 Å². The normalized spacial score (nSPS) is 10.9. The maximum absolute atomic E-state index is 12.4. The summed E-state index contributed by atoms with van der Waals surface area (Å²) >= 11 is 1.31. The van der Waals surface area contributed by atoms with Gasteiger partial charge in [-0.1, -0.05) is 54.2 Å². The SMILES string of the molecule is Cc1ccc(NC(=O)CSc2nnnn2-c2cccc3ccccc23)cc1C. The van der Waals surface area contributed by atoms with E-state index in [1.165, 1.54) is 17.3 Å². The molecule has 1 N–H and O–H groups in total. The molecule has 4 aromatic rings. The highest BCUT2D eigenvalue weighted by Gasteiger charge is 2.13. The summed E-state index contributed by atoms with van der Waals surface area (Å²) in [6.07, 6.45) is 0. The molecule has 0 bridgehead atoms. The van der Waals surface area contributed by atoms with Crippen molar-refractivity contribution in [1.82, 2.24) is 20.2 Å². The van der Waals surface area contributed by atoms with Crippen molar-refractivity contribution >= 4 is 34.1 Å². The van der Waals surface area contributed by atoms with Gasteiger partial charge in [0.15, 0.2) is 0 Å². The molecule has 1 heterocycles. The van der Waals surface area contributed by atoms with Crippen molar-refractivity contribution in [2.75, 3.05) is 11.1 Å². The number of anilines is 1. The van der Waals surface area contributed by atoms with Crippen molar-refractivity contribution < 1.29 is 4.79 Å². The van der Waals surface area contributed by atoms with Gasteiger partial charge in [-0.15, -0.1) is 5.10 Å². The van der Waals surface area contributed by atoms with Crippen LogP contribution in [0, 0.1) is 13.8 Å². The molecule has 0 aliphatic carbocycles. The van der Waals surface area contributed by atoms with Crippen LogP contribution in [0.2, 0.25) is 0 Å². The number of aryl methyl sites for hydroxylation is 2. The van der Waals surface area contributed by atoms with Crippen LogP contribution in [0.5, 0.6) is 0 Å². The minimum atomic E-state index is -0.0966. The van der Waals surface area contributed by atoms with Crippen molar-refractivity contribution in [2.45, 2.75) is 19.0 Å². The van der Waals surface area contributed by atoms with Gasteiger partial charge in [0.05, 0.1) is 11.4 Å². The fourth-order valence-electron chi connectivity index (χ4n) is 2.96. The molecule has 140 valence electrons. The quantitative estimate of drug-likeness (QED) is 0.519. The lowest BCUT2D eigenvalue weighted by atomic mass is 10.1. The topological polar surface area (TPSA) is 72.7 Å². The molecular weight excluding hydrogens is 370 g/mol. The van der Waals surface area contributed by atoms with Gasteiger partial charge < -0.3 is 5.32 Å². The summed E-state index contributed by atoms with van der Waals surface area (Å²) in [5.74, 6) is 0.124. The molecule has 3 aromatic carbocycles. The predicted molar refractivity (Wildman–Crippen MR) is 112 cm³/mol. The van der Waals surface area contributed by atoms with Gasteiger partial charge in [0.25, 0.3) is 0 Å². The van der Waals surface area contributed by atoms with E-state index in [0.717, 1.165) is 27.7 Å². The summed E-state index contributed by atoms with van der Waals surface area (Å²) in [7, 11) is 0. The molecule has 0 spiro atoms. The van der Waals surface area contributed by atoms with Crippen LogP contribution >= 0.6 is 11.8 Å². The number of carbonyl (C=O) groups excluding carboxylic acids is 1. The van der Waals surface area contributed by atoms with Gasteiger partial charge in [-0.25, -0.2) is 0 Å². The van der Waals surface area contributed by atoms with Crippen LogP contribution in [0.3, 0.4) is 0 Å². The highest BCUT2D eigenvalue weighted by molar-refractivity contribution is 7.99. The second-order valence-corrected chi connectivity index (χ2v) is 7.45. The predicted octanol–water partition coefficient (Wildman–Crippen LogP) is 4.16. The van der Waals surface area contributed by atoms with Crippen molar-refractivity contribution in [3.63, 3.8) is 0 Å². The van der Waals surface area contributed by atoms with Crippen LogP contribution in [0.25, 0.3) is 16.5 Å². The number of fused-ring (bicyclic) bond motifs is 1. The minimum Gasteiger partial charge on any atom is -0.325 e. The molecule has 0 saturated carbocycles. The van der Waals surface area contributed by atoms with E-state index >= 15 is 0 Å². The van der Waals surface area contributed by atoms with Gasteiger partial charge in [0.2, 0.25) is 11.1 Å². The Kier molecular flexibility index (Phi) is 5.08. The van der Waals surface area contributed by atoms with Gasteiger partial charge in [-0.05, 0) is 59.0 Å². The third-order valence-electron chi connectivity index (χ3n) is 4.56. The summed E-state index contributed by atoms with van der Waals surface area (Å²) < 4.78 is 1.68. The summed E-state index contributed by atoms with van der Waals surface area (Å²) in [6, 6.07) is 19.9. The number of amides is 1. The van der Waals surface area contributed by atoms with Crippen molar-refractivity contribution in [3.8, 4) is 5.69 Å². The van der Waals surface area contributed by atoms with E-state index in [0.29, 0.717) is 5.16 Å². The van der Waals surface area contributed by atoms with Crippen LogP contribution < -0.4 is 5.32 Å². The van der Waals surface area contributed by atoms with Crippen molar-refractivity contribution in [1.29, 1.82) is 0 Å². The third kappa shape index (κ3) is 3.75. The first kappa shape index (κ1) is 18.2. The number of rotatable bonds is 5. The van der Waals surface area contributed by atoms with Gasteiger partial charge in [0, 0.05) is 11.1 Å². The van der Waals surface area contributed by atoms with E-state index in [2.05, 4.69) is 20.8 Å². The smallest absolute Gasteiger partial charge is 0.234 e. The van der Waals surface area contributed by atoms with Gasteiger partial charge >= 0.3 is 0 Å². The standard InChI is InChI=1S/C21H19N5OS/c1-14-10-11-17(12-15(14)2)22-20(27)13-28-21-23-24-25-26(21)19-9-5-7-16-6-3-4-8-18(16)19/h3-12H,13H2,1-2H3,(H,22,27). The van der Waals surface area contributed by atoms with E-state index in [9.17, 15) is 4.79 Å². The molecule has 0 fully saturated rings. The number of hydrogen-bond acceptors (Lipinski definition) is 5. The lowest BCUT2D eigenvalue weighted by Crippen LogP contribution is -2.14. The van der Waals surface area contributed by atoms with Gasteiger partial charge in [-0.3, -0.25) is 4.79 Å². The molecule has 0 saturated heterocycles. The number of hydrogen-bond donors (Lipinski definition) is 1. The Morgan fingerprint density at radius 1 is 1.04 bits per heavy atom. The molecule has 0 aliphatic heterocycles. The lowest BCUT2D eigenvalue weighted by Gasteiger charge is -2.09. The van der Waals surface area contributed by atoms with Crippen LogP contribution in [0.15, 0.2) is 65.8 Å². The first-order valence-electron chi connectivity index (χ1n) is 8.88. The fraction of sp³-hybridized carbons (Fsp3) is 0.143. The molecular formula is C21H19N5OS. The fourth-order valence-corrected chi connectivity index (χ4v) is 3.64. The van der Waals surface area contributed by atoms with Gasteiger partial charge in [-0.2, -0.15) is 4.68 Å². The number of thioether (sulfide) groups is 1. The number of benzene rings is 3. The van der Waals surface area contributed by atoms with Crippen LogP contribution in [-0.4, -0.2) is 31.9 Å². The van der Waals surface area contributed by atoms with E-state index in [1.807, 2.05) is 74.5 Å². The van der Waals surface area contributed by atoms with Crippen molar-refractivity contribution in [3.05, 3.63) is 71.8 Å². The molecule has 7 heteroatoms. The van der Waals surface area contributed by atoms with Crippen LogP contribution in [-0.2, 0) is 4.79 Å². The molecule has 28 heavy (non-hydrogen) atoms. The number of nitrogens with zero attached hydrogens (tertiary/aromatic N) is 4. The molecule has 1 amide bonds. The van der Waals surface area contributed by atoms with Crippen molar-refractivity contribution in [2.24, 2.45) is 0 Å². The van der Waals surface area contributed by atoms with E-state index < -0.39 is 0 Å². The number of aromatic nitrogens is 4. The first-order chi connectivity index (χ1) is 13.6. The monoisotopic (exact) mass is 389 g/mol.